The Hall–Kier alpha value is -4.01. The molecular formula is C21H21N5O4. The van der Waals surface area contributed by atoms with Gasteiger partial charge < -0.3 is 15.0 Å². The van der Waals surface area contributed by atoms with Crippen LogP contribution in [0.5, 0.6) is 0 Å². The highest BCUT2D eigenvalue weighted by molar-refractivity contribution is 5.96. The Morgan fingerprint density at radius 1 is 1.13 bits per heavy atom. The molecule has 3 aromatic rings. The molecule has 2 aromatic carbocycles. The number of nitro groups is 1. The molecule has 0 radical (unpaired) electrons. The Kier molecular flexibility index (Phi) is 6.53. The van der Waals surface area contributed by atoms with Gasteiger partial charge in [0.15, 0.2) is 0 Å². The molecule has 0 aliphatic heterocycles. The second kappa shape index (κ2) is 9.46. The fraction of sp³-hybridized carbons (Fsp3) is 0.190. The first-order valence-electron chi connectivity index (χ1n) is 9.29. The molecule has 0 aliphatic rings. The van der Waals surface area contributed by atoms with Gasteiger partial charge in [-0.05, 0) is 24.6 Å². The third-order valence-electron chi connectivity index (χ3n) is 4.29. The number of carbonyl (C=O) groups is 1. The van der Waals surface area contributed by atoms with Crippen LogP contribution in [0.3, 0.4) is 0 Å². The summed E-state index contributed by atoms with van der Waals surface area (Å²) < 4.78 is 5.06. The summed E-state index contributed by atoms with van der Waals surface area (Å²) in [7, 11) is 1.72. The van der Waals surface area contributed by atoms with Crippen LogP contribution in [0.1, 0.15) is 22.8 Å². The van der Waals surface area contributed by atoms with Gasteiger partial charge in [0.1, 0.15) is 6.33 Å². The van der Waals surface area contributed by atoms with Crippen LogP contribution >= 0.6 is 0 Å². The third kappa shape index (κ3) is 4.69. The first kappa shape index (κ1) is 20.7. The maximum atomic E-state index is 12.2. The Morgan fingerprint density at radius 2 is 1.83 bits per heavy atom. The van der Waals surface area contributed by atoms with Crippen molar-refractivity contribution in [2.45, 2.75) is 13.5 Å². The number of esters is 1. The summed E-state index contributed by atoms with van der Waals surface area (Å²) in [4.78, 5) is 33.4. The number of aromatic nitrogens is 2. The van der Waals surface area contributed by atoms with Crippen LogP contribution in [-0.2, 0) is 11.3 Å². The van der Waals surface area contributed by atoms with Crippen LogP contribution in [0.2, 0.25) is 0 Å². The first-order chi connectivity index (χ1) is 14.5. The van der Waals surface area contributed by atoms with Crippen LogP contribution in [0, 0.1) is 10.1 Å². The van der Waals surface area contributed by atoms with E-state index in [4.69, 9.17) is 4.74 Å². The topological polar surface area (TPSA) is 110 Å². The molecule has 0 bridgehead atoms. The van der Waals surface area contributed by atoms with Gasteiger partial charge in [-0.25, -0.2) is 14.8 Å². The molecule has 3 rings (SSSR count). The summed E-state index contributed by atoms with van der Waals surface area (Å²) in [5.74, 6) is -0.379. The molecule has 30 heavy (non-hydrogen) atoms. The van der Waals surface area contributed by atoms with Gasteiger partial charge in [0.25, 0.3) is 0 Å². The SMILES string of the molecule is CCOC(=O)c1ccccc1Nc1ncnc(N(C)Cc2ccccc2)c1[N+](=O)[O-]. The summed E-state index contributed by atoms with van der Waals surface area (Å²) in [6, 6.07) is 16.2. The predicted molar refractivity (Wildman–Crippen MR) is 113 cm³/mol. The van der Waals surface area contributed by atoms with E-state index in [0.717, 1.165) is 5.56 Å². The van der Waals surface area contributed by atoms with Crippen molar-refractivity contribution in [3.05, 3.63) is 82.2 Å². The highest BCUT2D eigenvalue weighted by Gasteiger charge is 2.26. The van der Waals surface area contributed by atoms with E-state index >= 15 is 0 Å². The molecule has 0 saturated heterocycles. The second-order valence-electron chi connectivity index (χ2n) is 6.38. The van der Waals surface area contributed by atoms with Crippen LogP contribution < -0.4 is 10.2 Å². The highest BCUT2D eigenvalue weighted by Crippen LogP contribution is 2.34. The van der Waals surface area contributed by atoms with Crippen LogP contribution in [-0.4, -0.2) is 34.5 Å². The van der Waals surface area contributed by atoms with Crippen molar-refractivity contribution in [1.29, 1.82) is 0 Å². The fourth-order valence-corrected chi connectivity index (χ4v) is 2.95. The number of hydrogen-bond acceptors (Lipinski definition) is 8. The van der Waals surface area contributed by atoms with E-state index in [9.17, 15) is 14.9 Å². The van der Waals surface area contributed by atoms with E-state index in [2.05, 4.69) is 15.3 Å². The number of carbonyl (C=O) groups excluding carboxylic acids is 1. The summed E-state index contributed by atoms with van der Waals surface area (Å²) >= 11 is 0. The Balaban J connectivity index is 1.96. The van der Waals surface area contributed by atoms with Gasteiger partial charge in [0, 0.05) is 13.6 Å². The molecule has 9 heteroatoms. The lowest BCUT2D eigenvalue weighted by Crippen LogP contribution is -2.20. The number of hydrogen-bond donors (Lipinski definition) is 1. The van der Waals surface area contributed by atoms with Crippen molar-refractivity contribution in [1.82, 2.24) is 9.97 Å². The first-order valence-corrected chi connectivity index (χ1v) is 9.29. The van der Waals surface area contributed by atoms with E-state index in [1.165, 1.54) is 6.33 Å². The maximum absolute atomic E-state index is 12.2. The lowest BCUT2D eigenvalue weighted by Gasteiger charge is -2.19. The zero-order chi connectivity index (χ0) is 21.5. The van der Waals surface area contributed by atoms with Crippen molar-refractivity contribution >= 4 is 29.0 Å². The molecule has 0 atom stereocenters. The molecule has 1 aromatic heterocycles. The summed E-state index contributed by atoms with van der Waals surface area (Å²) in [6.45, 7) is 2.35. The minimum atomic E-state index is -0.536. The number of ether oxygens (including phenoxy) is 1. The molecule has 9 nitrogen and oxygen atoms in total. The molecule has 0 saturated carbocycles. The van der Waals surface area contributed by atoms with Crippen molar-refractivity contribution in [2.75, 3.05) is 23.9 Å². The van der Waals surface area contributed by atoms with Gasteiger partial charge in [0.2, 0.25) is 11.6 Å². The molecular weight excluding hydrogens is 386 g/mol. The number of para-hydroxylation sites is 1. The fourth-order valence-electron chi connectivity index (χ4n) is 2.95. The normalized spacial score (nSPS) is 10.3. The Bertz CT molecular complexity index is 1040. The number of rotatable bonds is 8. The maximum Gasteiger partial charge on any atom is 0.353 e. The van der Waals surface area contributed by atoms with Crippen molar-refractivity contribution in [3.8, 4) is 0 Å². The van der Waals surface area contributed by atoms with Crippen LogP contribution in [0.25, 0.3) is 0 Å². The largest absolute Gasteiger partial charge is 0.462 e. The van der Waals surface area contributed by atoms with Gasteiger partial charge in [-0.1, -0.05) is 42.5 Å². The molecule has 0 aliphatic carbocycles. The summed E-state index contributed by atoms with van der Waals surface area (Å²) in [5.41, 5.74) is 1.31. The van der Waals surface area contributed by atoms with Gasteiger partial charge >= 0.3 is 11.7 Å². The van der Waals surface area contributed by atoms with Gasteiger partial charge in [-0.15, -0.1) is 0 Å². The predicted octanol–water partition coefficient (Wildman–Crippen LogP) is 3.94. The zero-order valence-corrected chi connectivity index (χ0v) is 16.6. The van der Waals surface area contributed by atoms with Crippen LogP contribution in [0.4, 0.5) is 23.0 Å². The average molecular weight is 407 g/mol. The quantitative estimate of drug-likeness (QED) is 0.340. The van der Waals surface area contributed by atoms with Crippen molar-refractivity contribution < 1.29 is 14.5 Å². The minimum absolute atomic E-state index is 0.0124. The Morgan fingerprint density at radius 3 is 2.53 bits per heavy atom. The highest BCUT2D eigenvalue weighted by atomic mass is 16.6. The monoisotopic (exact) mass is 407 g/mol. The summed E-state index contributed by atoms with van der Waals surface area (Å²) in [5, 5.41) is 14.8. The Labute approximate surface area is 173 Å². The van der Waals surface area contributed by atoms with Crippen molar-refractivity contribution in [3.63, 3.8) is 0 Å². The molecule has 0 spiro atoms. The molecule has 154 valence electrons. The zero-order valence-electron chi connectivity index (χ0n) is 16.6. The second-order valence-corrected chi connectivity index (χ2v) is 6.38. The van der Waals surface area contributed by atoms with Crippen LogP contribution in [0.15, 0.2) is 60.9 Å². The smallest absolute Gasteiger partial charge is 0.353 e. The molecule has 0 fully saturated rings. The molecule has 0 unspecified atom stereocenters. The van der Waals surface area contributed by atoms with E-state index in [1.807, 2.05) is 30.3 Å². The van der Waals surface area contributed by atoms with E-state index in [1.54, 1.807) is 43.1 Å². The number of anilines is 3. The molecule has 0 amide bonds. The number of nitrogens with one attached hydrogen (secondary N) is 1. The molecule has 1 N–H and O–H groups in total. The molecule has 1 heterocycles. The van der Waals surface area contributed by atoms with E-state index in [0.29, 0.717) is 12.2 Å². The van der Waals surface area contributed by atoms with E-state index in [-0.39, 0.29) is 29.5 Å². The van der Waals surface area contributed by atoms with Gasteiger partial charge in [-0.3, -0.25) is 10.1 Å². The third-order valence-corrected chi connectivity index (χ3v) is 4.29. The lowest BCUT2D eigenvalue weighted by molar-refractivity contribution is -0.383. The van der Waals surface area contributed by atoms with E-state index < -0.39 is 10.9 Å². The van der Waals surface area contributed by atoms with Crippen molar-refractivity contribution in [2.24, 2.45) is 0 Å². The van der Waals surface area contributed by atoms with Gasteiger partial charge in [0.05, 0.1) is 22.8 Å². The standard InChI is InChI=1S/C21H21N5O4/c1-3-30-21(27)16-11-7-8-12-17(16)24-19-18(26(28)29)20(23-14-22-19)25(2)13-15-9-5-4-6-10-15/h4-12,14H,3,13H2,1-2H3,(H,22,23,24). The van der Waals surface area contributed by atoms with Gasteiger partial charge in [-0.2, -0.15) is 0 Å². The minimum Gasteiger partial charge on any atom is -0.462 e. The number of benzene rings is 2. The lowest BCUT2D eigenvalue weighted by atomic mass is 10.1. The summed E-state index contributed by atoms with van der Waals surface area (Å²) in [6.07, 6.45) is 1.25. The average Bonchev–Trinajstić information content (AvgIpc) is 2.74. The number of nitrogens with zero attached hydrogens (tertiary/aromatic N) is 4.